The summed E-state index contributed by atoms with van der Waals surface area (Å²) in [6.07, 6.45) is 28.7. The summed E-state index contributed by atoms with van der Waals surface area (Å²) in [4.78, 5) is 4.88. The van der Waals surface area contributed by atoms with Crippen molar-refractivity contribution in [3.63, 3.8) is 0 Å². The lowest BCUT2D eigenvalue weighted by atomic mass is 9.68. The zero-order chi connectivity index (χ0) is 40.6. The molecule has 5 aromatic rings. The van der Waals surface area contributed by atoms with Gasteiger partial charge in [-0.2, -0.15) is 0 Å². The maximum Gasteiger partial charge on any atom is 0.0465 e. The lowest BCUT2D eigenvalue weighted by Gasteiger charge is -2.37. The minimum atomic E-state index is -0.139. The lowest BCUT2D eigenvalue weighted by Crippen LogP contribution is -2.28. The Kier molecular flexibility index (Phi) is 12.6. The number of hydrogen-bond donors (Lipinski definition) is 0. The van der Waals surface area contributed by atoms with Gasteiger partial charge < -0.3 is 9.80 Å². The van der Waals surface area contributed by atoms with E-state index in [0.29, 0.717) is 0 Å². The Labute approximate surface area is 350 Å². The van der Waals surface area contributed by atoms with Crippen molar-refractivity contribution < 1.29 is 0 Å². The van der Waals surface area contributed by atoms with Crippen molar-refractivity contribution in [1.29, 1.82) is 0 Å². The predicted molar refractivity (Wildman–Crippen MR) is 251 cm³/mol. The molecule has 0 saturated heterocycles. The number of allylic oxidation sites excluding steroid dienone is 5. The van der Waals surface area contributed by atoms with E-state index in [4.69, 9.17) is 6.42 Å². The van der Waals surface area contributed by atoms with Crippen LogP contribution in [0.5, 0.6) is 0 Å². The van der Waals surface area contributed by atoms with Gasteiger partial charge in [-0.1, -0.05) is 158 Å². The Morgan fingerprint density at radius 2 is 1.07 bits per heavy atom. The van der Waals surface area contributed by atoms with E-state index in [1.165, 1.54) is 59.3 Å². The zero-order valence-corrected chi connectivity index (χ0v) is 35.6. The van der Waals surface area contributed by atoms with Gasteiger partial charge in [-0.15, -0.1) is 12.3 Å². The number of fused-ring (bicyclic) bond motifs is 3. The highest BCUT2D eigenvalue weighted by molar-refractivity contribution is 5.88. The summed E-state index contributed by atoms with van der Waals surface area (Å²) in [5.41, 5.74) is 12.6. The van der Waals surface area contributed by atoms with Crippen LogP contribution in [0.2, 0.25) is 0 Å². The summed E-state index contributed by atoms with van der Waals surface area (Å²) in [5.74, 6) is 2.89. The summed E-state index contributed by atoms with van der Waals surface area (Å²) in [5, 5.41) is 0. The van der Waals surface area contributed by atoms with Gasteiger partial charge in [0.1, 0.15) is 0 Å². The number of nitrogens with zero attached hydrogens (tertiary/aromatic N) is 2. The molecule has 0 amide bonds. The zero-order valence-electron chi connectivity index (χ0n) is 35.6. The fourth-order valence-electron chi connectivity index (χ4n) is 9.09. The number of terminal acetylenes is 1. The Morgan fingerprint density at radius 1 is 0.569 bits per heavy atom. The topological polar surface area (TPSA) is 6.48 Å². The van der Waals surface area contributed by atoms with E-state index in [2.05, 4.69) is 208 Å². The number of benzene rings is 5. The summed E-state index contributed by atoms with van der Waals surface area (Å²) in [7, 11) is 0. The fourth-order valence-corrected chi connectivity index (χ4v) is 9.09. The summed E-state index contributed by atoms with van der Waals surface area (Å²) >= 11 is 0. The van der Waals surface area contributed by atoms with Gasteiger partial charge >= 0.3 is 0 Å². The predicted octanol–water partition coefficient (Wildman–Crippen LogP) is 16.2. The van der Waals surface area contributed by atoms with Crippen LogP contribution in [0.1, 0.15) is 110 Å². The van der Waals surface area contributed by atoms with Crippen molar-refractivity contribution in [1.82, 2.24) is 0 Å². The quantitative estimate of drug-likeness (QED) is 0.0730. The average Bonchev–Trinajstić information content (AvgIpc) is 3.33. The number of para-hydroxylation sites is 3. The molecule has 2 nitrogen and oxygen atoms in total. The molecule has 0 aliphatic heterocycles. The van der Waals surface area contributed by atoms with Crippen LogP contribution in [0.25, 0.3) is 11.1 Å². The molecular formula is C56H62N2. The highest BCUT2D eigenvalue weighted by Crippen LogP contribution is 2.57. The van der Waals surface area contributed by atoms with Crippen LogP contribution in [0.3, 0.4) is 0 Å². The Hall–Kier alpha value is -5.52. The van der Waals surface area contributed by atoms with Crippen molar-refractivity contribution in [3.05, 3.63) is 175 Å². The number of hydrogen-bond acceptors (Lipinski definition) is 2. The molecule has 2 unspecified atom stereocenters. The molecule has 0 aromatic heterocycles. The Bertz CT molecular complexity index is 2230. The van der Waals surface area contributed by atoms with Crippen LogP contribution in [0.4, 0.5) is 28.4 Å². The van der Waals surface area contributed by atoms with Gasteiger partial charge in [-0.3, -0.25) is 0 Å². The smallest absolute Gasteiger partial charge is 0.0465 e. The van der Waals surface area contributed by atoms with E-state index in [1.54, 1.807) is 0 Å². The van der Waals surface area contributed by atoms with E-state index in [1.807, 2.05) is 0 Å². The second-order valence-electron chi connectivity index (χ2n) is 17.6. The molecular weight excluding hydrogens is 701 g/mol. The number of rotatable bonds is 16. The van der Waals surface area contributed by atoms with Crippen LogP contribution in [-0.2, 0) is 5.41 Å². The first-order valence-electron chi connectivity index (χ1n) is 21.8. The highest BCUT2D eigenvalue weighted by atomic mass is 15.2. The maximum absolute atomic E-state index is 5.75. The second kappa shape index (κ2) is 18.0. The van der Waals surface area contributed by atoms with Gasteiger partial charge in [0, 0.05) is 51.4 Å². The molecule has 296 valence electrons. The SMILES string of the molecule is C#CCCCCCC1(CCCCCC)c2cc(N(C3=CC=CC(C)(C(C)(C)C)C=C3)c3ccccc3)ccc2-c2ccc(N(c3ccccc3)c3ccccc3)cc21. The van der Waals surface area contributed by atoms with Crippen molar-refractivity contribution in [3.8, 4) is 23.5 Å². The molecule has 0 radical (unpaired) electrons. The summed E-state index contributed by atoms with van der Waals surface area (Å²) in [6.45, 7) is 11.7. The van der Waals surface area contributed by atoms with Gasteiger partial charge in [0.15, 0.2) is 0 Å². The number of unbranched alkanes of at least 4 members (excludes halogenated alkanes) is 6. The first kappa shape index (κ1) is 40.7. The molecule has 58 heavy (non-hydrogen) atoms. The van der Waals surface area contributed by atoms with Crippen LogP contribution in [0, 0.1) is 23.2 Å². The van der Waals surface area contributed by atoms with Crippen LogP contribution in [-0.4, -0.2) is 0 Å². The molecule has 0 N–H and O–H groups in total. The molecule has 5 aromatic carbocycles. The molecule has 7 rings (SSSR count). The largest absolute Gasteiger partial charge is 0.311 e. The van der Waals surface area contributed by atoms with Crippen molar-refractivity contribution in [2.24, 2.45) is 10.8 Å². The normalized spacial score (nSPS) is 18.2. The van der Waals surface area contributed by atoms with E-state index in [0.717, 1.165) is 61.3 Å². The average molecular weight is 763 g/mol. The third-order valence-corrected chi connectivity index (χ3v) is 13.0. The third kappa shape index (κ3) is 8.37. The second-order valence-corrected chi connectivity index (χ2v) is 17.6. The van der Waals surface area contributed by atoms with E-state index >= 15 is 0 Å². The van der Waals surface area contributed by atoms with E-state index in [-0.39, 0.29) is 16.2 Å². The minimum absolute atomic E-state index is 0.0766. The minimum Gasteiger partial charge on any atom is -0.311 e. The van der Waals surface area contributed by atoms with Gasteiger partial charge in [-0.25, -0.2) is 0 Å². The summed E-state index contributed by atoms with van der Waals surface area (Å²) in [6, 6.07) is 47.2. The van der Waals surface area contributed by atoms with Gasteiger partial charge in [0.05, 0.1) is 0 Å². The monoisotopic (exact) mass is 762 g/mol. The maximum atomic E-state index is 5.75. The van der Waals surface area contributed by atoms with Gasteiger partial charge in [-0.05, 0) is 120 Å². The highest BCUT2D eigenvalue weighted by Gasteiger charge is 2.43. The third-order valence-electron chi connectivity index (χ3n) is 13.0. The molecule has 0 fully saturated rings. The van der Waals surface area contributed by atoms with Crippen molar-refractivity contribution >= 4 is 28.4 Å². The standard InChI is InChI=1S/C56H62N2/c1-7-9-11-13-24-40-56(39-23-12-10-8-2)52-42-48(57(44-26-17-14-18-27-44)45-28-19-15-20-29-45)33-35-50(52)51-36-34-49(43-53(51)56)58(46-30-21-16-22-31-46)47-32-25-38-55(6,41-37-47)54(3,4)5/h1,14-22,25-38,41-43H,8-13,23-24,39-40H2,2-6H3. The van der Waals surface area contributed by atoms with E-state index < -0.39 is 0 Å². The van der Waals surface area contributed by atoms with Gasteiger partial charge in [0.25, 0.3) is 0 Å². The fraction of sp³-hybridized carbons (Fsp3) is 0.321. The molecule has 0 spiro atoms. The molecule has 2 heteroatoms. The molecule has 0 heterocycles. The van der Waals surface area contributed by atoms with Gasteiger partial charge in [0.2, 0.25) is 0 Å². The first-order chi connectivity index (χ1) is 28.2. The van der Waals surface area contributed by atoms with Crippen LogP contribution >= 0.6 is 0 Å². The molecule has 0 saturated carbocycles. The van der Waals surface area contributed by atoms with Crippen LogP contribution in [0.15, 0.2) is 163 Å². The van der Waals surface area contributed by atoms with Crippen molar-refractivity contribution in [2.45, 2.75) is 104 Å². The molecule has 2 atom stereocenters. The Morgan fingerprint density at radius 3 is 1.57 bits per heavy atom. The summed E-state index contributed by atoms with van der Waals surface area (Å²) < 4.78 is 0. The lowest BCUT2D eigenvalue weighted by molar-refractivity contribution is 0.228. The number of anilines is 5. The van der Waals surface area contributed by atoms with Crippen molar-refractivity contribution in [2.75, 3.05) is 9.80 Å². The Balaban J connectivity index is 1.41. The van der Waals surface area contributed by atoms with E-state index in [9.17, 15) is 0 Å². The first-order valence-corrected chi connectivity index (χ1v) is 21.8. The molecule has 0 bridgehead atoms. The molecule has 2 aliphatic rings. The molecule has 2 aliphatic carbocycles. The van der Waals surface area contributed by atoms with Crippen LogP contribution < -0.4 is 9.80 Å².